The van der Waals surface area contributed by atoms with Crippen molar-refractivity contribution in [3.63, 3.8) is 0 Å². The van der Waals surface area contributed by atoms with Crippen LogP contribution in [-0.2, 0) is 11.4 Å². The first-order valence-electron chi connectivity index (χ1n) is 10.3. The maximum absolute atomic E-state index is 12.5. The Morgan fingerprint density at radius 3 is 2.59 bits per heavy atom. The number of rotatable bonds is 7. The zero-order chi connectivity index (χ0) is 22.5. The molecule has 0 radical (unpaired) electrons. The van der Waals surface area contributed by atoms with Gasteiger partial charge in [0.1, 0.15) is 0 Å². The molecule has 2 aromatic carbocycles. The molecule has 168 valence electrons. The summed E-state index contributed by atoms with van der Waals surface area (Å²) in [7, 11) is 0. The van der Waals surface area contributed by atoms with Gasteiger partial charge < -0.3 is 19.5 Å². The lowest BCUT2D eigenvalue weighted by Gasteiger charge is -2.33. The fourth-order valence-corrected chi connectivity index (χ4v) is 3.62. The minimum Gasteiger partial charge on any atom is -0.408 e. The van der Waals surface area contributed by atoms with Gasteiger partial charge in [0.25, 0.3) is 0 Å². The Hall–Kier alpha value is -3.14. The van der Waals surface area contributed by atoms with E-state index in [0.29, 0.717) is 67.4 Å². The van der Waals surface area contributed by atoms with Gasteiger partial charge in [0.2, 0.25) is 0 Å². The van der Waals surface area contributed by atoms with Crippen molar-refractivity contribution < 1.29 is 18.8 Å². The number of aromatic amines is 1. The summed E-state index contributed by atoms with van der Waals surface area (Å²) in [4.78, 5) is 45.8. The van der Waals surface area contributed by atoms with Gasteiger partial charge in [0.15, 0.2) is 11.4 Å². The number of nitrogens with one attached hydrogen (secondary N) is 2. The number of ketones is 1. The average molecular weight is 459 g/mol. The molecule has 0 atom stereocenters. The largest absolute Gasteiger partial charge is 0.426 e. The zero-order valence-corrected chi connectivity index (χ0v) is 18.1. The Labute approximate surface area is 188 Å². The first kappa shape index (κ1) is 22.1. The number of aromatic nitrogens is 1. The molecule has 3 aromatic rings. The Morgan fingerprint density at radius 1 is 1.09 bits per heavy atom. The zero-order valence-electron chi connectivity index (χ0n) is 17.3. The van der Waals surface area contributed by atoms with Gasteiger partial charge in [-0.15, -0.1) is 5.06 Å². The smallest absolute Gasteiger partial charge is 0.408 e. The van der Waals surface area contributed by atoms with E-state index in [-0.39, 0.29) is 5.78 Å². The maximum atomic E-state index is 12.5. The highest BCUT2D eigenvalue weighted by Crippen LogP contribution is 2.15. The van der Waals surface area contributed by atoms with Gasteiger partial charge in [0, 0.05) is 56.3 Å². The number of halogens is 1. The molecular weight excluding hydrogens is 436 g/mol. The maximum Gasteiger partial charge on any atom is 0.426 e. The highest BCUT2D eigenvalue weighted by Gasteiger charge is 2.21. The lowest BCUT2D eigenvalue weighted by Crippen LogP contribution is -2.48. The monoisotopic (exact) mass is 458 g/mol. The van der Waals surface area contributed by atoms with Gasteiger partial charge in [-0.3, -0.25) is 9.78 Å². The molecule has 1 aliphatic heterocycles. The highest BCUT2D eigenvalue weighted by atomic mass is 35.5. The van der Waals surface area contributed by atoms with Crippen LogP contribution in [0.4, 0.5) is 4.79 Å². The molecule has 32 heavy (non-hydrogen) atoms. The number of carbonyl (C=O) groups is 2. The molecule has 2 N–H and O–H groups in total. The van der Waals surface area contributed by atoms with Crippen molar-refractivity contribution in [1.82, 2.24) is 20.3 Å². The molecule has 1 aliphatic rings. The number of amides is 1. The predicted octanol–water partition coefficient (Wildman–Crippen LogP) is 2.81. The van der Waals surface area contributed by atoms with Crippen LogP contribution in [0.2, 0.25) is 5.02 Å². The van der Waals surface area contributed by atoms with Crippen LogP contribution in [-0.4, -0.2) is 59.5 Å². The third kappa shape index (κ3) is 5.76. The quantitative estimate of drug-likeness (QED) is 0.524. The molecule has 1 aromatic heterocycles. The molecule has 0 aliphatic carbocycles. The number of Topliss-reactive ketones (excluding diaryl/α,β-unsaturated/α-hetero) is 1. The number of nitrogens with zero attached hydrogens (tertiary/aromatic N) is 2. The second-order valence-corrected chi connectivity index (χ2v) is 7.96. The van der Waals surface area contributed by atoms with E-state index in [1.807, 2.05) is 12.1 Å². The Morgan fingerprint density at radius 2 is 1.84 bits per heavy atom. The minimum atomic E-state index is -0.539. The summed E-state index contributed by atoms with van der Waals surface area (Å²) in [6.45, 7) is 3.44. The van der Waals surface area contributed by atoms with Crippen LogP contribution in [0.3, 0.4) is 0 Å². The van der Waals surface area contributed by atoms with Gasteiger partial charge in [-0.2, -0.15) is 0 Å². The molecule has 1 saturated heterocycles. The first-order chi connectivity index (χ1) is 15.5. The van der Waals surface area contributed by atoms with Crippen molar-refractivity contribution in [1.29, 1.82) is 0 Å². The minimum absolute atomic E-state index is 0.0176. The summed E-state index contributed by atoms with van der Waals surface area (Å²) >= 11 is 5.85. The topological polar surface area (TPSA) is 108 Å². The van der Waals surface area contributed by atoms with Crippen LogP contribution in [0.1, 0.15) is 22.3 Å². The molecule has 1 amide bonds. The van der Waals surface area contributed by atoms with Crippen molar-refractivity contribution in [2.75, 3.05) is 32.7 Å². The van der Waals surface area contributed by atoms with Crippen molar-refractivity contribution in [3.8, 4) is 0 Å². The van der Waals surface area contributed by atoms with Crippen LogP contribution >= 0.6 is 11.6 Å². The van der Waals surface area contributed by atoms with Crippen molar-refractivity contribution in [3.05, 3.63) is 69.2 Å². The van der Waals surface area contributed by atoms with E-state index in [1.165, 1.54) is 0 Å². The predicted molar refractivity (Wildman–Crippen MR) is 119 cm³/mol. The van der Waals surface area contributed by atoms with Crippen LogP contribution in [0.5, 0.6) is 0 Å². The number of benzene rings is 2. The molecule has 9 nitrogen and oxygen atoms in total. The molecule has 10 heteroatoms. The Balaban J connectivity index is 1.17. The van der Waals surface area contributed by atoms with Crippen LogP contribution in [0.15, 0.2) is 51.7 Å². The molecule has 0 bridgehead atoms. The lowest BCUT2D eigenvalue weighted by atomic mass is 10.1. The van der Waals surface area contributed by atoms with Gasteiger partial charge in [0.05, 0.1) is 5.52 Å². The average Bonchev–Trinajstić information content (AvgIpc) is 3.17. The fourth-order valence-electron chi connectivity index (χ4n) is 3.49. The molecular formula is C22H23ClN4O5. The number of piperazine rings is 1. The normalized spacial score (nSPS) is 15.0. The van der Waals surface area contributed by atoms with Crippen LogP contribution in [0.25, 0.3) is 11.1 Å². The van der Waals surface area contributed by atoms with Gasteiger partial charge in [-0.05, 0) is 35.9 Å². The summed E-state index contributed by atoms with van der Waals surface area (Å²) in [6.07, 6.45) is -0.154. The van der Waals surface area contributed by atoms with Gasteiger partial charge >= 0.3 is 11.8 Å². The number of hydroxylamine groups is 2. The summed E-state index contributed by atoms with van der Waals surface area (Å²) in [5.74, 6) is -0.556. The number of hydrogen-bond donors (Lipinski definition) is 2. The Kier molecular flexibility index (Phi) is 6.89. The SMILES string of the molecule is O=C(NCc1ccc(Cl)cc1)ON1CCN(CCC(=O)c2ccc3[nH]c(=O)oc3c2)CC1. The van der Waals surface area contributed by atoms with Gasteiger partial charge in [-0.25, -0.2) is 9.59 Å². The van der Waals surface area contributed by atoms with E-state index in [2.05, 4.69) is 15.2 Å². The highest BCUT2D eigenvalue weighted by molar-refractivity contribution is 6.30. The van der Waals surface area contributed by atoms with E-state index < -0.39 is 11.8 Å². The van der Waals surface area contributed by atoms with Crippen molar-refractivity contribution >= 4 is 34.6 Å². The molecule has 0 unspecified atom stereocenters. The number of hydrogen-bond acceptors (Lipinski definition) is 7. The van der Waals surface area contributed by atoms with Gasteiger partial charge in [-0.1, -0.05) is 23.7 Å². The van der Waals surface area contributed by atoms with E-state index >= 15 is 0 Å². The fraction of sp³-hybridized carbons (Fsp3) is 0.318. The van der Waals surface area contributed by atoms with E-state index in [9.17, 15) is 14.4 Å². The number of carbonyl (C=O) groups excluding carboxylic acids is 2. The third-order valence-electron chi connectivity index (χ3n) is 5.29. The second kappa shape index (κ2) is 9.99. The van der Waals surface area contributed by atoms with Crippen molar-refractivity contribution in [2.45, 2.75) is 13.0 Å². The summed E-state index contributed by atoms with van der Waals surface area (Å²) < 4.78 is 5.01. The summed E-state index contributed by atoms with van der Waals surface area (Å²) in [5.41, 5.74) is 2.39. The number of oxazole rings is 1. The molecule has 0 saturated carbocycles. The number of H-pyrrole nitrogens is 1. The van der Waals surface area contributed by atoms with Crippen LogP contribution < -0.4 is 11.1 Å². The molecule has 1 fully saturated rings. The first-order valence-corrected chi connectivity index (χ1v) is 10.7. The lowest BCUT2D eigenvalue weighted by molar-refractivity contribution is -0.122. The molecule has 4 rings (SSSR count). The Bertz CT molecular complexity index is 1150. The van der Waals surface area contributed by atoms with E-state index in [4.69, 9.17) is 20.9 Å². The summed E-state index contributed by atoms with van der Waals surface area (Å²) in [6, 6.07) is 12.2. The standard InChI is InChI=1S/C22H23ClN4O5/c23-17-4-1-15(2-5-17)14-24-21(29)32-27-11-9-26(10-12-27)8-7-19(28)16-3-6-18-20(13-16)31-22(30)25-18/h1-6,13H,7-12,14H2,(H,24,29)(H,25,30). The van der Waals surface area contributed by atoms with E-state index in [0.717, 1.165) is 5.56 Å². The molecule has 0 spiro atoms. The number of fused-ring (bicyclic) bond motifs is 1. The second-order valence-electron chi connectivity index (χ2n) is 7.53. The van der Waals surface area contributed by atoms with E-state index in [1.54, 1.807) is 35.4 Å². The van der Waals surface area contributed by atoms with Crippen LogP contribution in [0, 0.1) is 0 Å². The third-order valence-corrected chi connectivity index (χ3v) is 5.54. The molecule has 2 heterocycles. The van der Waals surface area contributed by atoms with Crippen molar-refractivity contribution in [2.24, 2.45) is 0 Å². The summed E-state index contributed by atoms with van der Waals surface area (Å²) in [5, 5.41) is 4.98.